The molecule has 1 heterocycles. The predicted molar refractivity (Wildman–Crippen MR) is 77.4 cm³/mol. The lowest BCUT2D eigenvalue weighted by molar-refractivity contribution is 0.123. The largest absolute Gasteiger partial charge is 0.309 e. The average molecular weight is 257 g/mol. The number of hydrogen-bond donors (Lipinski definition) is 1. The molecule has 0 spiro atoms. The number of likely N-dealkylation sites (tertiary alicyclic amines) is 1. The van der Waals surface area contributed by atoms with Gasteiger partial charge in [-0.05, 0) is 31.4 Å². The highest BCUT2D eigenvalue weighted by molar-refractivity contribution is 5.31. The summed E-state index contributed by atoms with van der Waals surface area (Å²) >= 11 is 0. The maximum atomic E-state index is 9.53. The third-order valence-electron chi connectivity index (χ3n) is 4.16. The van der Waals surface area contributed by atoms with E-state index in [1.54, 1.807) is 0 Å². The van der Waals surface area contributed by atoms with Crippen molar-refractivity contribution in [3.63, 3.8) is 0 Å². The normalized spacial score (nSPS) is 23.5. The lowest BCUT2D eigenvalue weighted by Crippen LogP contribution is -2.51. The highest BCUT2D eigenvalue weighted by Gasteiger charge is 2.33. The van der Waals surface area contributed by atoms with Crippen molar-refractivity contribution in [1.29, 1.82) is 5.26 Å². The van der Waals surface area contributed by atoms with Crippen LogP contribution in [0, 0.1) is 11.3 Å². The number of nitrogens with two attached hydrogens (primary N) is 1. The molecule has 1 aliphatic heterocycles. The molecular formula is C16H23N3. The van der Waals surface area contributed by atoms with Crippen LogP contribution in [0.1, 0.15) is 38.2 Å². The Morgan fingerprint density at radius 3 is 2.74 bits per heavy atom. The molecule has 2 unspecified atom stereocenters. The zero-order valence-corrected chi connectivity index (χ0v) is 11.7. The van der Waals surface area contributed by atoms with Crippen LogP contribution >= 0.6 is 0 Å². The summed E-state index contributed by atoms with van der Waals surface area (Å²) in [5.74, 6) is 0. The Kier molecular flexibility index (Phi) is 4.57. The van der Waals surface area contributed by atoms with Gasteiger partial charge in [-0.1, -0.05) is 43.7 Å². The summed E-state index contributed by atoms with van der Waals surface area (Å²) in [6.45, 7) is 3.91. The summed E-state index contributed by atoms with van der Waals surface area (Å²) in [5.41, 5.74) is 6.38. The van der Waals surface area contributed by atoms with Crippen molar-refractivity contribution >= 4 is 0 Å². The van der Waals surface area contributed by atoms with Gasteiger partial charge >= 0.3 is 0 Å². The van der Waals surface area contributed by atoms with Crippen LogP contribution in [-0.2, 0) is 5.54 Å². The lowest BCUT2D eigenvalue weighted by Gasteiger charge is -2.39. The van der Waals surface area contributed by atoms with E-state index in [-0.39, 0.29) is 0 Å². The third kappa shape index (κ3) is 3.15. The van der Waals surface area contributed by atoms with Crippen LogP contribution in [0.15, 0.2) is 30.3 Å². The second kappa shape index (κ2) is 6.18. The monoisotopic (exact) mass is 257 g/mol. The van der Waals surface area contributed by atoms with Crippen LogP contribution in [0.5, 0.6) is 0 Å². The summed E-state index contributed by atoms with van der Waals surface area (Å²) in [5, 5.41) is 9.53. The first-order chi connectivity index (χ1) is 9.19. The molecule has 2 rings (SSSR count). The van der Waals surface area contributed by atoms with Gasteiger partial charge in [-0.2, -0.15) is 5.26 Å². The molecule has 1 fully saturated rings. The van der Waals surface area contributed by atoms with Crippen molar-refractivity contribution in [3.05, 3.63) is 35.9 Å². The first-order valence-electron chi connectivity index (χ1n) is 7.19. The van der Waals surface area contributed by atoms with Gasteiger partial charge in [0.05, 0.1) is 6.07 Å². The van der Waals surface area contributed by atoms with Crippen LogP contribution < -0.4 is 5.73 Å². The molecule has 3 heteroatoms. The molecule has 0 bridgehead atoms. The molecule has 1 saturated heterocycles. The second-order valence-electron chi connectivity index (χ2n) is 5.48. The topological polar surface area (TPSA) is 53.0 Å². The lowest BCUT2D eigenvalue weighted by atomic mass is 9.89. The molecule has 1 aromatic carbocycles. The number of hydrogen-bond acceptors (Lipinski definition) is 3. The van der Waals surface area contributed by atoms with Gasteiger partial charge in [0.15, 0.2) is 0 Å². The summed E-state index contributed by atoms with van der Waals surface area (Å²) in [7, 11) is 0. The molecule has 0 saturated carbocycles. The quantitative estimate of drug-likeness (QED) is 0.902. The number of rotatable bonds is 4. The van der Waals surface area contributed by atoms with Gasteiger partial charge in [-0.15, -0.1) is 0 Å². The number of nitriles is 1. The highest BCUT2D eigenvalue weighted by Crippen LogP contribution is 2.25. The smallest absolute Gasteiger partial charge is 0.142 e. The zero-order chi connectivity index (χ0) is 13.7. The molecule has 102 valence electrons. The maximum Gasteiger partial charge on any atom is 0.142 e. The Bertz CT molecular complexity index is 437. The molecule has 2 N–H and O–H groups in total. The third-order valence-corrected chi connectivity index (χ3v) is 4.16. The van der Waals surface area contributed by atoms with Crippen LogP contribution in [0.3, 0.4) is 0 Å². The Labute approximate surface area is 116 Å². The fraction of sp³-hybridized carbons (Fsp3) is 0.562. The molecule has 3 nitrogen and oxygen atoms in total. The standard InChI is InChI=1S/C16H23N3/c1-2-15-10-6-7-11-19(15)13-16(18,12-17)14-8-4-3-5-9-14/h3-5,8-9,15H,2,6-7,10-11,13,18H2,1H3. The summed E-state index contributed by atoms with van der Waals surface area (Å²) < 4.78 is 0. The van der Waals surface area contributed by atoms with E-state index >= 15 is 0 Å². The van der Waals surface area contributed by atoms with Gasteiger partial charge in [-0.3, -0.25) is 4.90 Å². The second-order valence-corrected chi connectivity index (χ2v) is 5.48. The first-order valence-corrected chi connectivity index (χ1v) is 7.19. The SMILES string of the molecule is CCC1CCCCN1CC(N)(C#N)c1ccccc1. The molecule has 0 aromatic heterocycles. The molecule has 2 atom stereocenters. The predicted octanol–water partition coefficient (Wildman–Crippen LogP) is 2.63. The first kappa shape index (κ1) is 14.0. The van der Waals surface area contributed by atoms with E-state index in [4.69, 9.17) is 5.73 Å². The van der Waals surface area contributed by atoms with Crippen molar-refractivity contribution in [2.24, 2.45) is 5.73 Å². The number of benzene rings is 1. The Morgan fingerprint density at radius 2 is 2.11 bits per heavy atom. The molecule has 1 aromatic rings. The van der Waals surface area contributed by atoms with Gasteiger partial charge in [0.25, 0.3) is 0 Å². The van der Waals surface area contributed by atoms with Crippen molar-refractivity contribution in [3.8, 4) is 6.07 Å². The zero-order valence-electron chi connectivity index (χ0n) is 11.7. The van der Waals surface area contributed by atoms with Crippen LogP contribution in [0.25, 0.3) is 0 Å². The minimum absolute atomic E-state index is 0.578. The van der Waals surface area contributed by atoms with Gasteiger partial charge in [0.2, 0.25) is 0 Å². The number of piperidine rings is 1. The summed E-state index contributed by atoms with van der Waals surface area (Å²) in [6.07, 6.45) is 4.88. The van der Waals surface area contributed by atoms with Crippen LogP contribution in [0.4, 0.5) is 0 Å². The van der Waals surface area contributed by atoms with Gasteiger partial charge < -0.3 is 5.73 Å². The van der Waals surface area contributed by atoms with E-state index < -0.39 is 5.54 Å². The molecule has 0 aliphatic carbocycles. The van der Waals surface area contributed by atoms with E-state index in [1.807, 2.05) is 30.3 Å². The van der Waals surface area contributed by atoms with Crippen molar-refractivity contribution < 1.29 is 0 Å². The Hall–Kier alpha value is -1.37. The van der Waals surface area contributed by atoms with Gasteiger partial charge in [0.1, 0.15) is 5.54 Å². The van der Waals surface area contributed by atoms with Gasteiger partial charge in [-0.25, -0.2) is 0 Å². The van der Waals surface area contributed by atoms with Crippen molar-refractivity contribution in [2.75, 3.05) is 13.1 Å². The summed E-state index contributed by atoms with van der Waals surface area (Å²) in [4.78, 5) is 2.40. The number of nitrogens with zero attached hydrogens (tertiary/aromatic N) is 2. The van der Waals surface area contributed by atoms with Crippen molar-refractivity contribution in [1.82, 2.24) is 4.90 Å². The van der Waals surface area contributed by atoms with E-state index in [0.717, 1.165) is 18.5 Å². The van der Waals surface area contributed by atoms with Gasteiger partial charge in [0, 0.05) is 12.6 Å². The van der Waals surface area contributed by atoms with E-state index in [0.29, 0.717) is 12.6 Å². The fourth-order valence-corrected chi connectivity index (χ4v) is 2.98. The maximum absolute atomic E-state index is 9.53. The molecule has 1 aliphatic rings. The molecule has 0 radical (unpaired) electrons. The van der Waals surface area contributed by atoms with Crippen LogP contribution in [-0.4, -0.2) is 24.0 Å². The Balaban J connectivity index is 2.16. The molecular weight excluding hydrogens is 234 g/mol. The Morgan fingerprint density at radius 1 is 1.37 bits per heavy atom. The minimum atomic E-state index is -0.897. The van der Waals surface area contributed by atoms with Crippen molar-refractivity contribution in [2.45, 2.75) is 44.2 Å². The molecule has 19 heavy (non-hydrogen) atoms. The minimum Gasteiger partial charge on any atom is -0.309 e. The van der Waals surface area contributed by atoms with E-state index in [9.17, 15) is 5.26 Å². The highest BCUT2D eigenvalue weighted by atomic mass is 15.2. The average Bonchev–Trinajstić information content (AvgIpc) is 2.48. The fourth-order valence-electron chi connectivity index (χ4n) is 2.98. The van der Waals surface area contributed by atoms with Crippen LogP contribution in [0.2, 0.25) is 0 Å². The summed E-state index contributed by atoms with van der Waals surface area (Å²) in [6, 6.07) is 12.7. The van der Waals surface area contributed by atoms with E-state index in [1.165, 1.54) is 19.3 Å². The molecule has 0 amide bonds. The van der Waals surface area contributed by atoms with E-state index in [2.05, 4.69) is 17.9 Å².